The van der Waals surface area contributed by atoms with Crippen LogP contribution in [0.4, 0.5) is 4.39 Å². The summed E-state index contributed by atoms with van der Waals surface area (Å²) in [4.78, 5) is 0. The van der Waals surface area contributed by atoms with Gasteiger partial charge in [-0.15, -0.1) is 0 Å². The Morgan fingerprint density at radius 3 is 2.65 bits per heavy atom. The Morgan fingerprint density at radius 2 is 2.06 bits per heavy atom. The van der Waals surface area contributed by atoms with E-state index in [4.69, 9.17) is 14.2 Å². The fourth-order valence-electron chi connectivity index (χ4n) is 1.33. The van der Waals surface area contributed by atoms with Gasteiger partial charge in [0.1, 0.15) is 17.7 Å². The lowest BCUT2D eigenvalue weighted by Crippen LogP contribution is -2.11. The van der Waals surface area contributed by atoms with Gasteiger partial charge < -0.3 is 19.3 Å². The molecule has 17 heavy (non-hydrogen) atoms. The number of ether oxygens (including phenoxy) is 3. The number of aliphatic hydroxyl groups excluding tert-OH is 1. The third kappa shape index (κ3) is 4.30. The Kier molecular flexibility index (Phi) is 5.90. The Labute approximate surface area is 99.9 Å². The Bertz CT molecular complexity index is 343. The molecule has 1 aromatic rings. The van der Waals surface area contributed by atoms with Crippen molar-refractivity contribution in [2.75, 3.05) is 34.0 Å². The van der Waals surface area contributed by atoms with Crippen molar-refractivity contribution < 1.29 is 23.7 Å². The molecule has 0 aliphatic rings. The van der Waals surface area contributed by atoms with Crippen molar-refractivity contribution in [1.82, 2.24) is 0 Å². The minimum atomic E-state index is -0.988. The van der Waals surface area contributed by atoms with Gasteiger partial charge in [-0.05, 0) is 12.1 Å². The molecule has 1 atom stereocenters. The molecule has 0 radical (unpaired) electrons. The first-order valence-corrected chi connectivity index (χ1v) is 5.27. The maximum absolute atomic E-state index is 13.5. The molecule has 1 rings (SSSR count). The SMILES string of the molecule is COCCOCC(O)c1ccc(OC)cc1F. The zero-order chi connectivity index (χ0) is 12.7. The maximum Gasteiger partial charge on any atom is 0.132 e. The van der Waals surface area contributed by atoms with Crippen LogP contribution in [0.25, 0.3) is 0 Å². The second kappa shape index (κ2) is 7.21. The smallest absolute Gasteiger partial charge is 0.132 e. The number of benzene rings is 1. The Hall–Kier alpha value is -1.17. The van der Waals surface area contributed by atoms with Crippen LogP contribution in [-0.4, -0.2) is 39.1 Å². The first-order valence-electron chi connectivity index (χ1n) is 5.27. The molecule has 0 spiro atoms. The van der Waals surface area contributed by atoms with Crippen LogP contribution in [0.15, 0.2) is 18.2 Å². The van der Waals surface area contributed by atoms with E-state index in [2.05, 4.69) is 0 Å². The zero-order valence-corrected chi connectivity index (χ0v) is 9.98. The summed E-state index contributed by atoms with van der Waals surface area (Å²) in [6.07, 6.45) is -0.988. The van der Waals surface area contributed by atoms with Gasteiger partial charge in [0.25, 0.3) is 0 Å². The third-order valence-electron chi connectivity index (χ3n) is 2.27. The molecule has 1 aromatic carbocycles. The van der Waals surface area contributed by atoms with E-state index in [1.165, 1.54) is 19.2 Å². The second-order valence-corrected chi connectivity index (χ2v) is 3.47. The molecule has 0 saturated carbocycles. The number of aliphatic hydroxyl groups is 1. The van der Waals surface area contributed by atoms with Crippen LogP contribution in [0.3, 0.4) is 0 Å². The van der Waals surface area contributed by atoms with Crippen LogP contribution in [0.5, 0.6) is 5.75 Å². The van der Waals surface area contributed by atoms with Crippen molar-refractivity contribution in [2.24, 2.45) is 0 Å². The van der Waals surface area contributed by atoms with E-state index in [9.17, 15) is 9.50 Å². The van der Waals surface area contributed by atoms with Gasteiger partial charge in [0.05, 0.1) is 26.9 Å². The van der Waals surface area contributed by atoms with E-state index in [1.807, 2.05) is 0 Å². The standard InChI is InChI=1S/C12H17FO4/c1-15-5-6-17-8-12(14)10-4-3-9(16-2)7-11(10)13/h3-4,7,12,14H,5-6,8H2,1-2H3. The van der Waals surface area contributed by atoms with Crippen molar-refractivity contribution in [3.8, 4) is 5.75 Å². The summed E-state index contributed by atoms with van der Waals surface area (Å²) in [5, 5.41) is 9.72. The molecule has 5 heteroatoms. The molecule has 96 valence electrons. The predicted octanol–water partition coefficient (Wildman–Crippen LogP) is 1.53. The molecule has 4 nitrogen and oxygen atoms in total. The fourth-order valence-corrected chi connectivity index (χ4v) is 1.33. The van der Waals surface area contributed by atoms with E-state index in [1.54, 1.807) is 13.2 Å². The topological polar surface area (TPSA) is 47.9 Å². The maximum atomic E-state index is 13.5. The molecular weight excluding hydrogens is 227 g/mol. The Balaban J connectivity index is 2.53. The third-order valence-corrected chi connectivity index (χ3v) is 2.27. The Morgan fingerprint density at radius 1 is 1.29 bits per heavy atom. The number of rotatable bonds is 7. The number of halogens is 1. The van der Waals surface area contributed by atoms with Crippen LogP contribution in [0, 0.1) is 5.82 Å². The summed E-state index contributed by atoms with van der Waals surface area (Å²) in [5.41, 5.74) is 0.197. The highest BCUT2D eigenvalue weighted by Gasteiger charge is 2.13. The van der Waals surface area contributed by atoms with Gasteiger partial charge in [0.2, 0.25) is 0 Å². The number of hydrogen-bond donors (Lipinski definition) is 1. The number of methoxy groups -OCH3 is 2. The van der Waals surface area contributed by atoms with E-state index in [0.29, 0.717) is 19.0 Å². The van der Waals surface area contributed by atoms with Gasteiger partial charge in [-0.3, -0.25) is 0 Å². The summed E-state index contributed by atoms with van der Waals surface area (Å²) in [6.45, 7) is 0.843. The van der Waals surface area contributed by atoms with Crippen molar-refractivity contribution in [3.63, 3.8) is 0 Å². The molecule has 0 aliphatic carbocycles. The second-order valence-electron chi connectivity index (χ2n) is 3.47. The lowest BCUT2D eigenvalue weighted by molar-refractivity contribution is 0.0113. The van der Waals surface area contributed by atoms with E-state index in [0.717, 1.165) is 0 Å². The monoisotopic (exact) mass is 244 g/mol. The minimum absolute atomic E-state index is 0.0343. The summed E-state index contributed by atoms with van der Waals surface area (Å²) in [5.74, 6) is -0.0917. The van der Waals surface area contributed by atoms with E-state index >= 15 is 0 Å². The summed E-state index contributed by atoms with van der Waals surface area (Å²) >= 11 is 0. The molecule has 0 heterocycles. The molecule has 0 amide bonds. The van der Waals surface area contributed by atoms with Gasteiger partial charge in [0, 0.05) is 18.7 Å². The van der Waals surface area contributed by atoms with E-state index < -0.39 is 11.9 Å². The molecule has 0 saturated heterocycles. The molecule has 0 bridgehead atoms. The molecular formula is C12H17FO4. The quantitative estimate of drug-likeness (QED) is 0.739. The average molecular weight is 244 g/mol. The first kappa shape index (κ1) is 13.9. The zero-order valence-electron chi connectivity index (χ0n) is 9.98. The van der Waals surface area contributed by atoms with Crippen molar-refractivity contribution in [2.45, 2.75) is 6.10 Å². The fraction of sp³-hybridized carbons (Fsp3) is 0.500. The summed E-state index contributed by atoms with van der Waals surface area (Å²) < 4.78 is 28.3. The first-order chi connectivity index (χ1) is 8.19. The van der Waals surface area contributed by atoms with Crippen molar-refractivity contribution in [1.29, 1.82) is 0 Å². The van der Waals surface area contributed by atoms with Crippen LogP contribution in [0.1, 0.15) is 11.7 Å². The van der Waals surface area contributed by atoms with Crippen LogP contribution in [-0.2, 0) is 9.47 Å². The molecule has 0 aliphatic heterocycles. The van der Waals surface area contributed by atoms with Gasteiger partial charge in [-0.1, -0.05) is 0 Å². The normalized spacial score (nSPS) is 12.5. The van der Waals surface area contributed by atoms with Gasteiger partial charge in [-0.25, -0.2) is 4.39 Å². The lowest BCUT2D eigenvalue weighted by Gasteiger charge is -2.13. The molecule has 0 fully saturated rings. The highest BCUT2D eigenvalue weighted by Crippen LogP contribution is 2.21. The van der Waals surface area contributed by atoms with Crippen molar-refractivity contribution >= 4 is 0 Å². The van der Waals surface area contributed by atoms with Gasteiger partial charge >= 0.3 is 0 Å². The lowest BCUT2D eigenvalue weighted by atomic mass is 10.1. The van der Waals surface area contributed by atoms with Crippen LogP contribution < -0.4 is 4.74 Å². The molecule has 1 unspecified atom stereocenters. The highest BCUT2D eigenvalue weighted by atomic mass is 19.1. The van der Waals surface area contributed by atoms with Crippen LogP contribution >= 0.6 is 0 Å². The summed E-state index contributed by atoms with van der Waals surface area (Å²) in [6, 6.07) is 4.31. The molecule has 0 aromatic heterocycles. The largest absolute Gasteiger partial charge is 0.497 e. The van der Waals surface area contributed by atoms with Crippen molar-refractivity contribution in [3.05, 3.63) is 29.6 Å². The summed E-state index contributed by atoms with van der Waals surface area (Å²) in [7, 11) is 3.02. The van der Waals surface area contributed by atoms with Crippen LogP contribution in [0.2, 0.25) is 0 Å². The molecule has 1 N–H and O–H groups in total. The van der Waals surface area contributed by atoms with Gasteiger partial charge in [0.15, 0.2) is 0 Å². The minimum Gasteiger partial charge on any atom is -0.497 e. The average Bonchev–Trinajstić information content (AvgIpc) is 2.34. The van der Waals surface area contributed by atoms with E-state index in [-0.39, 0.29) is 12.2 Å². The number of hydrogen-bond acceptors (Lipinski definition) is 4. The van der Waals surface area contributed by atoms with Gasteiger partial charge in [-0.2, -0.15) is 0 Å². The highest BCUT2D eigenvalue weighted by molar-refractivity contribution is 5.30. The predicted molar refractivity (Wildman–Crippen MR) is 60.6 cm³/mol.